The van der Waals surface area contributed by atoms with Crippen LogP contribution < -0.4 is 10.1 Å². The normalized spacial score (nSPS) is 18.7. The van der Waals surface area contributed by atoms with Gasteiger partial charge >= 0.3 is 0 Å². The van der Waals surface area contributed by atoms with Gasteiger partial charge in [0.25, 0.3) is 5.91 Å². The second kappa shape index (κ2) is 8.77. The number of carbonyl (C=O) groups excluding carboxylic acids is 2. The molecular weight excluding hydrogens is 390 g/mol. The smallest absolute Gasteiger partial charge is 0.260 e. The lowest BCUT2D eigenvalue weighted by atomic mass is 10.2. The van der Waals surface area contributed by atoms with Gasteiger partial charge in [-0.05, 0) is 25.0 Å². The third kappa shape index (κ3) is 4.67. The molecule has 1 N–H and O–H groups in total. The van der Waals surface area contributed by atoms with Crippen LogP contribution in [0.1, 0.15) is 37.3 Å². The molecule has 0 bridgehead atoms. The van der Waals surface area contributed by atoms with Gasteiger partial charge in [-0.3, -0.25) is 9.59 Å². The Morgan fingerprint density at radius 3 is 3.07 bits per heavy atom. The number of ether oxygens (including phenoxy) is 1. The fraction of sp³-hybridized carbons (Fsp3) is 0.450. The summed E-state index contributed by atoms with van der Waals surface area (Å²) in [5.74, 6) is 2.04. The Hall–Kier alpha value is -2.68. The number of aryl methyl sites for hydroxylation is 1. The zero-order chi connectivity index (χ0) is 20.2. The molecule has 1 aromatic heterocycles. The number of methoxy groups -OCH3 is 1. The quantitative estimate of drug-likeness (QED) is 0.782. The molecule has 2 aliphatic heterocycles. The number of fused-ring (bicyclic) bond motifs is 1. The summed E-state index contributed by atoms with van der Waals surface area (Å²) in [7, 11) is 1.57. The second-order valence-corrected chi connectivity index (χ2v) is 8.38. The fourth-order valence-electron chi connectivity index (χ4n) is 3.54. The van der Waals surface area contributed by atoms with Crippen LogP contribution in [-0.2, 0) is 29.0 Å². The monoisotopic (exact) mass is 413 g/mol. The maximum atomic E-state index is 12.4. The number of hydrogen-bond donors (Lipinski definition) is 1. The summed E-state index contributed by atoms with van der Waals surface area (Å²) in [5, 5.41) is 11.6. The van der Waals surface area contributed by atoms with Crippen molar-refractivity contribution in [3.8, 4) is 5.75 Å². The molecule has 0 saturated carbocycles. The number of hydrogen-bond acceptors (Lipinski definition) is 6. The number of anilines is 1. The van der Waals surface area contributed by atoms with Crippen molar-refractivity contribution in [3.05, 3.63) is 35.9 Å². The lowest BCUT2D eigenvalue weighted by molar-refractivity contribution is -0.121. The number of aliphatic imine (C=N–C) groups is 1. The average Bonchev–Trinajstić information content (AvgIpc) is 3.15. The van der Waals surface area contributed by atoms with Gasteiger partial charge in [0, 0.05) is 31.1 Å². The number of carbonyl (C=O) groups is 2. The van der Waals surface area contributed by atoms with E-state index < -0.39 is 5.25 Å². The third-order valence-corrected chi connectivity index (χ3v) is 6.17. The number of thioether (sulfide) groups is 1. The molecule has 1 atom stereocenters. The van der Waals surface area contributed by atoms with Crippen molar-refractivity contribution >= 4 is 34.3 Å². The van der Waals surface area contributed by atoms with Crippen LogP contribution in [0.5, 0.6) is 5.75 Å². The van der Waals surface area contributed by atoms with Gasteiger partial charge in [0.05, 0.1) is 18.6 Å². The Labute approximate surface area is 173 Å². The van der Waals surface area contributed by atoms with E-state index in [4.69, 9.17) is 4.74 Å². The SMILES string of the molecule is COc1cccc(NC(=O)C[C@H]2SC(Cc3nnc4n3CCCCC4)=NC2=O)c1. The minimum absolute atomic E-state index is 0.0750. The lowest BCUT2D eigenvalue weighted by Crippen LogP contribution is -2.21. The van der Waals surface area contributed by atoms with E-state index in [0.717, 1.165) is 37.5 Å². The number of rotatable bonds is 6. The molecule has 0 unspecified atom stereocenters. The first-order chi connectivity index (χ1) is 14.1. The largest absolute Gasteiger partial charge is 0.497 e. The molecule has 29 heavy (non-hydrogen) atoms. The lowest BCUT2D eigenvalue weighted by Gasteiger charge is -2.10. The van der Waals surface area contributed by atoms with Crippen LogP contribution >= 0.6 is 11.8 Å². The highest BCUT2D eigenvalue weighted by atomic mass is 32.2. The number of benzene rings is 1. The highest BCUT2D eigenvalue weighted by Gasteiger charge is 2.31. The summed E-state index contributed by atoms with van der Waals surface area (Å²) in [6, 6.07) is 7.12. The van der Waals surface area contributed by atoms with Crippen molar-refractivity contribution in [2.24, 2.45) is 4.99 Å². The van der Waals surface area contributed by atoms with Crippen LogP contribution in [0, 0.1) is 0 Å². The number of amides is 2. The van der Waals surface area contributed by atoms with Gasteiger partial charge < -0.3 is 14.6 Å². The molecule has 9 heteroatoms. The Morgan fingerprint density at radius 2 is 2.21 bits per heavy atom. The second-order valence-electron chi connectivity index (χ2n) is 7.11. The van der Waals surface area contributed by atoms with E-state index in [0.29, 0.717) is 22.9 Å². The van der Waals surface area contributed by atoms with Gasteiger partial charge in [-0.2, -0.15) is 0 Å². The molecule has 8 nitrogen and oxygen atoms in total. The molecular formula is C20H23N5O3S. The van der Waals surface area contributed by atoms with Crippen LogP contribution in [0.25, 0.3) is 0 Å². The third-order valence-electron chi connectivity index (χ3n) is 5.01. The van der Waals surface area contributed by atoms with E-state index in [-0.39, 0.29) is 18.2 Å². The van der Waals surface area contributed by atoms with E-state index in [1.807, 2.05) is 0 Å². The van der Waals surface area contributed by atoms with Crippen LogP contribution in [-0.4, -0.2) is 44.0 Å². The van der Waals surface area contributed by atoms with Gasteiger partial charge in [-0.25, -0.2) is 4.99 Å². The Morgan fingerprint density at radius 1 is 1.31 bits per heavy atom. The standard InChI is InChI=1S/C20H23N5O3S/c1-28-14-7-5-6-13(10-14)21-18(26)11-15-20(27)22-19(29-15)12-17-24-23-16-8-3-2-4-9-25(16)17/h5-7,10,15H,2-4,8-9,11-12H2,1H3,(H,21,26)/t15-/m1/s1. The van der Waals surface area contributed by atoms with Crippen molar-refractivity contribution in [2.45, 2.75) is 50.3 Å². The summed E-state index contributed by atoms with van der Waals surface area (Å²) in [5.41, 5.74) is 0.636. The molecule has 0 saturated heterocycles. The topological polar surface area (TPSA) is 98.5 Å². The summed E-state index contributed by atoms with van der Waals surface area (Å²) >= 11 is 1.35. The zero-order valence-electron chi connectivity index (χ0n) is 16.3. The van der Waals surface area contributed by atoms with Crippen LogP contribution in [0.15, 0.2) is 29.3 Å². The van der Waals surface area contributed by atoms with E-state index in [2.05, 4.69) is 25.1 Å². The Kier molecular flexibility index (Phi) is 5.94. The molecule has 2 aliphatic rings. The van der Waals surface area contributed by atoms with Gasteiger partial charge in [0.1, 0.15) is 22.6 Å². The number of nitrogens with one attached hydrogen (secondary N) is 1. The van der Waals surface area contributed by atoms with Crippen molar-refractivity contribution in [2.75, 3.05) is 12.4 Å². The molecule has 2 amide bonds. The zero-order valence-corrected chi connectivity index (χ0v) is 17.1. The van der Waals surface area contributed by atoms with Crippen molar-refractivity contribution in [3.63, 3.8) is 0 Å². The molecule has 0 fully saturated rings. The number of aromatic nitrogens is 3. The maximum Gasteiger partial charge on any atom is 0.260 e. The molecule has 0 radical (unpaired) electrons. The molecule has 0 spiro atoms. The Balaban J connectivity index is 1.34. The molecule has 0 aliphatic carbocycles. The van der Waals surface area contributed by atoms with Crippen LogP contribution in [0.2, 0.25) is 0 Å². The van der Waals surface area contributed by atoms with Crippen LogP contribution in [0.3, 0.4) is 0 Å². The number of nitrogens with zero attached hydrogens (tertiary/aromatic N) is 4. The van der Waals surface area contributed by atoms with Gasteiger partial charge in [-0.15, -0.1) is 10.2 Å². The summed E-state index contributed by atoms with van der Waals surface area (Å²) in [4.78, 5) is 28.8. The molecule has 4 rings (SSSR count). The van der Waals surface area contributed by atoms with Crippen molar-refractivity contribution in [1.29, 1.82) is 0 Å². The summed E-state index contributed by atoms with van der Waals surface area (Å²) < 4.78 is 7.31. The minimum atomic E-state index is -0.498. The van der Waals surface area contributed by atoms with Gasteiger partial charge in [0.15, 0.2) is 0 Å². The fourth-order valence-corrected chi connectivity index (χ4v) is 4.61. The average molecular weight is 414 g/mol. The van der Waals surface area contributed by atoms with Crippen molar-refractivity contribution in [1.82, 2.24) is 14.8 Å². The molecule has 3 heterocycles. The van der Waals surface area contributed by atoms with Gasteiger partial charge in [0.2, 0.25) is 5.91 Å². The van der Waals surface area contributed by atoms with Crippen LogP contribution in [0.4, 0.5) is 5.69 Å². The Bertz CT molecular complexity index is 955. The first kappa shape index (κ1) is 19.6. The summed E-state index contributed by atoms with van der Waals surface area (Å²) in [6.45, 7) is 0.913. The predicted molar refractivity (Wildman–Crippen MR) is 111 cm³/mol. The predicted octanol–water partition coefficient (Wildman–Crippen LogP) is 2.62. The minimum Gasteiger partial charge on any atom is -0.497 e. The molecule has 2 aromatic rings. The van der Waals surface area contributed by atoms with E-state index >= 15 is 0 Å². The van der Waals surface area contributed by atoms with Crippen molar-refractivity contribution < 1.29 is 14.3 Å². The van der Waals surface area contributed by atoms with E-state index in [1.54, 1.807) is 31.4 Å². The first-order valence-electron chi connectivity index (χ1n) is 9.75. The summed E-state index contributed by atoms with van der Waals surface area (Å²) in [6.07, 6.45) is 4.95. The highest BCUT2D eigenvalue weighted by Crippen LogP contribution is 2.28. The molecule has 1 aromatic carbocycles. The van der Waals surface area contributed by atoms with E-state index in [9.17, 15) is 9.59 Å². The maximum absolute atomic E-state index is 12.4. The van der Waals surface area contributed by atoms with E-state index in [1.165, 1.54) is 18.2 Å². The highest BCUT2D eigenvalue weighted by molar-refractivity contribution is 8.15. The van der Waals surface area contributed by atoms with Gasteiger partial charge in [-0.1, -0.05) is 24.2 Å². The first-order valence-corrected chi connectivity index (χ1v) is 10.6. The molecule has 152 valence electrons.